The highest BCUT2D eigenvalue weighted by atomic mass is 79.9. The predicted octanol–water partition coefficient (Wildman–Crippen LogP) is 6.43. The van der Waals surface area contributed by atoms with Gasteiger partial charge in [-0.25, -0.2) is 0 Å². The molecule has 3 aromatic rings. The van der Waals surface area contributed by atoms with E-state index in [1.165, 1.54) is 5.56 Å². The number of ether oxygens (including phenoxy) is 1. The average Bonchev–Trinajstić information content (AvgIpc) is 2.89. The standard InChI is InChI=1S/C31H37BrN2O3/c1-5-16-33-31(36)28(18-24-11-7-6-8-12-24)34(20-25-13-9-10-23(4)17-25)30(35)21-37-29-15-14-26(22(2)3)19-27(29)32/h6-15,17,19,22,28H,5,16,18,20-21H2,1-4H3,(H,33,36). The number of hydrogen-bond acceptors (Lipinski definition) is 3. The van der Waals surface area contributed by atoms with Gasteiger partial charge in [0.2, 0.25) is 5.91 Å². The molecule has 0 saturated carbocycles. The Labute approximate surface area is 229 Å². The molecule has 3 rings (SSSR count). The summed E-state index contributed by atoms with van der Waals surface area (Å²) in [6.07, 6.45) is 1.24. The van der Waals surface area contributed by atoms with Crippen LogP contribution >= 0.6 is 15.9 Å². The van der Waals surface area contributed by atoms with Crippen LogP contribution in [0.1, 0.15) is 55.4 Å². The molecule has 37 heavy (non-hydrogen) atoms. The number of nitrogens with zero attached hydrogens (tertiary/aromatic N) is 1. The van der Waals surface area contributed by atoms with Crippen LogP contribution in [0.5, 0.6) is 5.75 Å². The smallest absolute Gasteiger partial charge is 0.261 e. The van der Waals surface area contributed by atoms with E-state index in [0.717, 1.165) is 27.6 Å². The molecule has 0 aliphatic rings. The Morgan fingerprint density at radius 2 is 1.70 bits per heavy atom. The van der Waals surface area contributed by atoms with Gasteiger partial charge in [-0.3, -0.25) is 9.59 Å². The highest BCUT2D eigenvalue weighted by Crippen LogP contribution is 2.29. The molecule has 0 bridgehead atoms. The van der Waals surface area contributed by atoms with E-state index in [2.05, 4.69) is 35.1 Å². The first-order valence-corrected chi connectivity index (χ1v) is 13.7. The molecule has 2 amide bonds. The summed E-state index contributed by atoms with van der Waals surface area (Å²) < 4.78 is 6.77. The maximum atomic E-state index is 13.7. The molecule has 5 nitrogen and oxygen atoms in total. The Morgan fingerprint density at radius 3 is 2.35 bits per heavy atom. The minimum absolute atomic E-state index is 0.158. The Kier molecular flexibility index (Phi) is 10.8. The van der Waals surface area contributed by atoms with Crippen molar-refractivity contribution < 1.29 is 14.3 Å². The Morgan fingerprint density at radius 1 is 0.973 bits per heavy atom. The molecule has 0 aliphatic carbocycles. The van der Waals surface area contributed by atoms with E-state index in [1.807, 2.05) is 86.6 Å². The average molecular weight is 566 g/mol. The lowest BCUT2D eigenvalue weighted by Gasteiger charge is -2.31. The molecule has 3 aromatic carbocycles. The molecular weight excluding hydrogens is 528 g/mol. The van der Waals surface area contributed by atoms with Crippen molar-refractivity contribution in [3.05, 3.63) is 99.5 Å². The quantitative estimate of drug-likeness (QED) is 0.276. The zero-order chi connectivity index (χ0) is 26.8. The van der Waals surface area contributed by atoms with E-state index < -0.39 is 6.04 Å². The number of carbonyl (C=O) groups excluding carboxylic acids is 2. The van der Waals surface area contributed by atoms with E-state index in [-0.39, 0.29) is 18.4 Å². The summed E-state index contributed by atoms with van der Waals surface area (Å²) in [5.41, 5.74) is 4.25. The van der Waals surface area contributed by atoms with Crippen LogP contribution in [-0.4, -0.2) is 35.9 Å². The molecule has 0 saturated heterocycles. The molecule has 1 unspecified atom stereocenters. The number of aryl methyl sites for hydroxylation is 1. The highest BCUT2D eigenvalue weighted by Gasteiger charge is 2.30. The summed E-state index contributed by atoms with van der Waals surface area (Å²) >= 11 is 3.58. The van der Waals surface area contributed by atoms with Crippen LogP contribution in [0, 0.1) is 6.92 Å². The van der Waals surface area contributed by atoms with Gasteiger partial charge in [0.1, 0.15) is 11.8 Å². The van der Waals surface area contributed by atoms with E-state index in [4.69, 9.17) is 4.74 Å². The molecule has 1 N–H and O–H groups in total. The van der Waals surface area contributed by atoms with Crippen molar-refractivity contribution in [2.45, 2.75) is 59.0 Å². The maximum Gasteiger partial charge on any atom is 0.261 e. The van der Waals surface area contributed by atoms with Gasteiger partial charge in [-0.2, -0.15) is 0 Å². The van der Waals surface area contributed by atoms with E-state index >= 15 is 0 Å². The summed E-state index contributed by atoms with van der Waals surface area (Å²) in [6, 6.07) is 23.1. The SMILES string of the molecule is CCCNC(=O)C(Cc1ccccc1)N(Cc1cccc(C)c1)C(=O)COc1ccc(C(C)C)cc1Br. The Bertz CT molecular complexity index is 1180. The van der Waals surface area contributed by atoms with Gasteiger partial charge in [0.25, 0.3) is 5.91 Å². The van der Waals surface area contributed by atoms with Gasteiger partial charge in [-0.1, -0.05) is 87.0 Å². The van der Waals surface area contributed by atoms with E-state index in [0.29, 0.717) is 31.2 Å². The number of nitrogens with one attached hydrogen (secondary N) is 1. The van der Waals surface area contributed by atoms with Gasteiger partial charge in [0.05, 0.1) is 4.47 Å². The van der Waals surface area contributed by atoms with Crippen LogP contribution in [0.4, 0.5) is 0 Å². The van der Waals surface area contributed by atoms with Crippen LogP contribution in [-0.2, 0) is 22.6 Å². The van der Waals surface area contributed by atoms with Gasteiger partial charge in [-0.05, 0) is 64.0 Å². The van der Waals surface area contributed by atoms with Crippen LogP contribution in [0.3, 0.4) is 0 Å². The van der Waals surface area contributed by atoms with Gasteiger partial charge >= 0.3 is 0 Å². The zero-order valence-electron chi connectivity index (χ0n) is 22.2. The van der Waals surface area contributed by atoms with Gasteiger partial charge in [0.15, 0.2) is 6.61 Å². The summed E-state index contributed by atoms with van der Waals surface area (Å²) in [5.74, 6) is 0.587. The number of benzene rings is 3. The fourth-order valence-electron chi connectivity index (χ4n) is 4.14. The lowest BCUT2D eigenvalue weighted by molar-refractivity contribution is -0.142. The maximum absolute atomic E-state index is 13.7. The normalized spacial score (nSPS) is 11.7. The van der Waals surface area contributed by atoms with Crippen molar-refractivity contribution in [3.8, 4) is 5.75 Å². The zero-order valence-corrected chi connectivity index (χ0v) is 23.8. The lowest BCUT2D eigenvalue weighted by atomic mass is 10.0. The number of halogens is 1. The van der Waals surface area contributed by atoms with Gasteiger partial charge in [-0.15, -0.1) is 0 Å². The largest absolute Gasteiger partial charge is 0.483 e. The Hall–Kier alpha value is -3.12. The molecule has 0 radical (unpaired) electrons. The molecule has 6 heteroatoms. The fourth-order valence-corrected chi connectivity index (χ4v) is 4.65. The Balaban J connectivity index is 1.89. The van der Waals surface area contributed by atoms with Crippen LogP contribution in [0.25, 0.3) is 0 Å². The first kappa shape index (κ1) is 28.5. The summed E-state index contributed by atoms with van der Waals surface area (Å²) in [4.78, 5) is 28.7. The van der Waals surface area contributed by atoms with Crippen molar-refractivity contribution in [1.82, 2.24) is 10.2 Å². The molecular formula is C31H37BrN2O3. The number of carbonyl (C=O) groups is 2. The third kappa shape index (κ3) is 8.46. The number of amides is 2. The summed E-state index contributed by atoms with van der Waals surface area (Å²) in [5, 5.41) is 3.00. The van der Waals surface area contributed by atoms with E-state index in [9.17, 15) is 9.59 Å². The summed E-state index contributed by atoms with van der Waals surface area (Å²) in [6.45, 7) is 9.00. The highest BCUT2D eigenvalue weighted by molar-refractivity contribution is 9.10. The molecule has 0 heterocycles. The molecule has 0 aromatic heterocycles. The molecule has 0 fully saturated rings. The minimum atomic E-state index is -0.669. The molecule has 196 valence electrons. The van der Waals surface area contributed by atoms with Crippen LogP contribution in [0.2, 0.25) is 0 Å². The second-order valence-electron chi connectivity index (χ2n) is 9.64. The van der Waals surface area contributed by atoms with Crippen molar-refractivity contribution >= 4 is 27.7 Å². The number of rotatable bonds is 12. The first-order valence-electron chi connectivity index (χ1n) is 12.9. The van der Waals surface area contributed by atoms with Crippen LogP contribution < -0.4 is 10.1 Å². The van der Waals surface area contributed by atoms with Crippen molar-refractivity contribution in [2.24, 2.45) is 0 Å². The predicted molar refractivity (Wildman–Crippen MR) is 153 cm³/mol. The number of hydrogen-bond donors (Lipinski definition) is 1. The van der Waals surface area contributed by atoms with Gasteiger partial charge < -0.3 is 15.0 Å². The van der Waals surface area contributed by atoms with Crippen molar-refractivity contribution in [3.63, 3.8) is 0 Å². The molecule has 1 atom stereocenters. The molecule has 0 aliphatic heterocycles. The fraction of sp³-hybridized carbons (Fsp3) is 0.355. The first-order chi connectivity index (χ1) is 17.8. The van der Waals surface area contributed by atoms with Crippen LogP contribution in [0.15, 0.2) is 77.3 Å². The lowest BCUT2D eigenvalue weighted by Crippen LogP contribution is -2.51. The van der Waals surface area contributed by atoms with Crippen molar-refractivity contribution in [1.29, 1.82) is 0 Å². The van der Waals surface area contributed by atoms with E-state index in [1.54, 1.807) is 4.90 Å². The van der Waals surface area contributed by atoms with Crippen molar-refractivity contribution in [2.75, 3.05) is 13.2 Å². The third-order valence-electron chi connectivity index (χ3n) is 6.23. The monoisotopic (exact) mass is 564 g/mol. The molecule has 0 spiro atoms. The van der Waals surface area contributed by atoms with Gasteiger partial charge in [0, 0.05) is 19.5 Å². The third-order valence-corrected chi connectivity index (χ3v) is 6.85. The summed E-state index contributed by atoms with van der Waals surface area (Å²) in [7, 11) is 0. The second-order valence-corrected chi connectivity index (χ2v) is 10.5. The second kappa shape index (κ2) is 14.0. The minimum Gasteiger partial charge on any atom is -0.483 e. The topological polar surface area (TPSA) is 58.6 Å².